The largest absolute Gasteiger partial charge is 0.350 e. The SMILES string of the molecule is C=CC(C)NC(=O)[C@@H]1CCCN[C@@H]1C. The van der Waals surface area contributed by atoms with Gasteiger partial charge in [-0.1, -0.05) is 6.08 Å². The van der Waals surface area contributed by atoms with Gasteiger partial charge in [0.2, 0.25) is 5.91 Å². The van der Waals surface area contributed by atoms with E-state index in [1.54, 1.807) is 6.08 Å². The maximum Gasteiger partial charge on any atom is 0.225 e. The van der Waals surface area contributed by atoms with E-state index in [0.717, 1.165) is 19.4 Å². The molecule has 0 aromatic heterocycles. The molecule has 0 aliphatic carbocycles. The van der Waals surface area contributed by atoms with E-state index in [1.165, 1.54) is 0 Å². The predicted molar refractivity (Wildman–Crippen MR) is 58.0 cm³/mol. The van der Waals surface area contributed by atoms with Crippen molar-refractivity contribution in [1.82, 2.24) is 10.6 Å². The highest BCUT2D eigenvalue weighted by Gasteiger charge is 2.27. The molecule has 0 radical (unpaired) electrons. The zero-order chi connectivity index (χ0) is 10.6. The molecular formula is C11H20N2O. The normalized spacial score (nSPS) is 29.3. The van der Waals surface area contributed by atoms with Crippen molar-refractivity contribution in [2.75, 3.05) is 6.54 Å². The molecule has 3 atom stereocenters. The van der Waals surface area contributed by atoms with Crippen LogP contribution in [0.15, 0.2) is 12.7 Å². The van der Waals surface area contributed by atoms with E-state index in [9.17, 15) is 4.79 Å². The van der Waals surface area contributed by atoms with Crippen molar-refractivity contribution in [1.29, 1.82) is 0 Å². The summed E-state index contributed by atoms with van der Waals surface area (Å²) in [4.78, 5) is 11.8. The van der Waals surface area contributed by atoms with Crippen LogP contribution in [0, 0.1) is 5.92 Å². The average molecular weight is 196 g/mol. The lowest BCUT2D eigenvalue weighted by atomic mass is 9.91. The van der Waals surface area contributed by atoms with Gasteiger partial charge in [0, 0.05) is 12.1 Å². The molecule has 3 nitrogen and oxygen atoms in total. The Bertz CT molecular complexity index is 215. The molecule has 0 saturated carbocycles. The summed E-state index contributed by atoms with van der Waals surface area (Å²) in [5, 5.41) is 6.25. The molecule has 1 rings (SSSR count). The number of hydrogen-bond acceptors (Lipinski definition) is 2. The lowest BCUT2D eigenvalue weighted by molar-refractivity contribution is -0.126. The maximum atomic E-state index is 11.8. The van der Waals surface area contributed by atoms with Crippen LogP contribution in [0.1, 0.15) is 26.7 Å². The van der Waals surface area contributed by atoms with Gasteiger partial charge in [-0.3, -0.25) is 4.79 Å². The monoisotopic (exact) mass is 196 g/mol. The van der Waals surface area contributed by atoms with Crippen LogP contribution >= 0.6 is 0 Å². The van der Waals surface area contributed by atoms with Crippen molar-refractivity contribution in [2.45, 2.75) is 38.8 Å². The first-order valence-electron chi connectivity index (χ1n) is 5.31. The Morgan fingerprint density at radius 3 is 3.00 bits per heavy atom. The molecule has 80 valence electrons. The first-order valence-corrected chi connectivity index (χ1v) is 5.31. The Morgan fingerprint density at radius 2 is 2.43 bits per heavy atom. The number of nitrogens with one attached hydrogen (secondary N) is 2. The van der Waals surface area contributed by atoms with Crippen LogP contribution in [0.5, 0.6) is 0 Å². The van der Waals surface area contributed by atoms with Gasteiger partial charge in [0.05, 0.1) is 5.92 Å². The van der Waals surface area contributed by atoms with Gasteiger partial charge in [0.15, 0.2) is 0 Å². The highest BCUT2D eigenvalue weighted by molar-refractivity contribution is 5.79. The second-order valence-electron chi connectivity index (χ2n) is 4.02. The summed E-state index contributed by atoms with van der Waals surface area (Å²) in [5.74, 6) is 0.267. The van der Waals surface area contributed by atoms with E-state index in [-0.39, 0.29) is 17.9 Å². The summed E-state index contributed by atoms with van der Waals surface area (Å²) in [7, 11) is 0. The molecule has 1 saturated heterocycles. The third kappa shape index (κ3) is 2.84. The second-order valence-corrected chi connectivity index (χ2v) is 4.02. The minimum atomic E-state index is 0.0663. The van der Waals surface area contributed by atoms with Crippen LogP contribution in [0.2, 0.25) is 0 Å². The van der Waals surface area contributed by atoms with Gasteiger partial charge < -0.3 is 10.6 Å². The molecule has 0 spiro atoms. The molecule has 1 amide bonds. The third-order valence-electron chi connectivity index (χ3n) is 2.82. The van der Waals surface area contributed by atoms with E-state index in [1.807, 2.05) is 6.92 Å². The molecule has 14 heavy (non-hydrogen) atoms. The quantitative estimate of drug-likeness (QED) is 0.663. The van der Waals surface area contributed by atoms with Crippen molar-refractivity contribution >= 4 is 5.91 Å². The van der Waals surface area contributed by atoms with Gasteiger partial charge in [-0.15, -0.1) is 6.58 Å². The van der Waals surface area contributed by atoms with E-state index < -0.39 is 0 Å². The molecule has 1 unspecified atom stereocenters. The Hall–Kier alpha value is -0.830. The lowest BCUT2D eigenvalue weighted by Crippen LogP contribution is -2.48. The number of amides is 1. The van der Waals surface area contributed by atoms with Gasteiger partial charge in [-0.25, -0.2) is 0 Å². The van der Waals surface area contributed by atoms with Crippen molar-refractivity contribution in [2.24, 2.45) is 5.92 Å². The van der Waals surface area contributed by atoms with E-state index in [4.69, 9.17) is 0 Å². The molecule has 0 aromatic carbocycles. The molecule has 3 heteroatoms. The standard InChI is InChI=1S/C11H20N2O/c1-4-8(2)13-11(14)10-6-5-7-12-9(10)3/h4,8-10,12H,1,5-7H2,2-3H3,(H,13,14)/t8?,9-,10-/m1/s1. The Balaban J connectivity index is 2.45. The minimum Gasteiger partial charge on any atom is -0.350 e. The van der Waals surface area contributed by atoms with E-state index in [2.05, 4.69) is 24.1 Å². The Morgan fingerprint density at radius 1 is 1.71 bits per heavy atom. The average Bonchev–Trinajstić information content (AvgIpc) is 2.18. The van der Waals surface area contributed by atoms with Crippen LogP contribution in [-0.2, 0) is 4.79 Å². The third-order valence-corrected chi connectivity index (χ3v) is 2.82. The fourth-order valence-electron chi connectivity index (χ4n) is 1.79. The number of hydrogen-bond donors (Lipinski definition) is 2. The molecule has 1 fully saturated rings. The number of carbonyl (C=O) groups excluding carboxylic acids is 1. The zero-order valence-corrected chi connectivity index (χ0v) is 9.05. The molecule has 2 N–H and O–H groups in total. The van der Waals surface area contributed by atoms with Gasteiger partial charge in [0.1, 0.15) is 0 Å². The first-order chi connectivity index (χ1) is 6.65. The Kier molecular flexibility index (Phi) is 4.14. The molecule has 1 aliphatic heterocycles. The highest BCUT2D eigenvalue weighted by Crippen LogP contribution is 2.16. The van der Waals surface area contributed by atoms with Gasteiger partial charge in [-0.2, -0.15) is 0 Å². The van der Waals surface area contributed by atoms with Crippen molar-refractivity contribution < 1.29 is 4.79 Å². The van der Waals surface area contributed by atoms with Crippen LogP contribution < -0.4 is 10.6 Å². The summed E-state index contributed by atoms with van der Waals surface area (Å²) in [6, 6.07) is 0.359. The number of carbonyl (C=O) groups is 1. The summed E-state index contributed by atoms with van der Waals surface area (Å²) < 4.78 is 0. The second kappa shape index (κ2) is 5.15. The van der Waals surface area contributed by atoms with Crippen LogP contribution in [0.25, 0.3) is 0 Å². The Labute approximate surface area is 86.0 Å². The van der Waals surface area contributed by atoms with Crippen molar-refractivity contribution in [3.63, 3.8) is 0 Å². The summed E-state index contributed by atoms with van der Waals surface area (Å²) >= 11 is 0. The molecule has 1 aliphatic rings. The smallest absolute Gasteiger partial charge is 0.225 e. The van der Waals surface area contributed by atoms with E-state index >= 15 is 0 Å². The van der Waals surface area contributed by atoms with E-state index in [0.29, 0.717) is 6.04 Å². The molecule has 1 heterocycles. The molecular weight excluding hydrogens is 176 g/mol. The van der Waals surface area contributed by atoms with Crippen LogP contribution in [-0.4, -0.2) is 24.5 Å². The fraction of sp³-hybridized carbons (Fsp3) is 0.727. The number of rotatable bonds is 3. The van der Waals surface area contributed by atoms with Crippen LogP contribution in [0.3, 0.4) is 0 Å². The summed E-state index contributed by atoms with van der Waals surface area (Å²) in [6.45, 7) is 8.68. The zero-order valence-electron chi connectivity index (χ0n) is 9.05. The molecule has 0 bridgehead atoms. The topological polar surface area (TPSA) is 41.1 Å². The van der Waals surface area contributed by atoms with Gasteiger partial charge in [-0.05, 0) is 33.2 Å². The highest BCUT2D eigenvalue weighted by atomic mass is 16.2. The van der Waals surface area contributed by atoms with Crippen LogP contribution in [0.4, 0.5) is 0 Å². The van der Waals surface area contributed by atoms with Crippen molar-refractivity contribution in [3.05, 3.63) is 12.7 Å². The lowest BCUT2D eigenvalue weighted by Gasteiger charge is -2.29. The predicted octanol–water partition coefficient (Wildman–Crippen LogP) is 1.07. The molecule has 0 aromatic rings. The van der Waals surface area contributed by atoms with Gasteiger partial charge in [0.25, 0.3) is 0 Å². The minimum absolute atomic E-state index is 0.0663. The summed E-state index contributed by atoms with van der Waals surface area (Å²) in [6.07, 6.45) is 3.83. The van der Waals surface area contributed by atoms with Crippen molar-refractivity contribution in [3.8, 4) is 0 Å². The van der Waals surface area contributed by atoms with Gasteiger partial charge >= 0.3 is 0 Å². The fourth-order valence-corrected chi connectivity index (χ4v) is 1.79. The number of piperidine rings is 1. The maximum absolute atomic E-state index is 11.8. The summed E-state index contributed by atoms with van der Waals surface area (Å²) in [5.41, 5.74) is 0. The first kappa shape index (κ1) is 11.2.